The summed E-state index contributed by atoms with van der Waals surface area (Å²) < 4.78 is 19.4. The van der Waals surface area contributed by atoms with Crippen LogP contribution in [0.2, 0.25) is 0 Å². The van der Waals surface area contributed by atoms with Crippen LogP contribution in [0.25, 0.3) is 99.5 Å². The van der Waals surface area contributed by atoms with Gasteiger partial charge in [0, 0.05) is 50.6 Å². The van der Waals surface area contributed by atoms with E-state index in [1.807, 2.05) is 60.8 Å². The van der Waals surface area contributed by atoms with Gasteiger partial charge in [-0.05, 0) is 65.2 Å². The summed E-state index contributed by atoms with van der Waals surface area (Å²) in [5, 5.41) is 4.16. The quantitative estimate of drug-likeness (QED) is 0.209. The third-order valence-corrected chi connectivity index (χ3v) is 8.83. The van der Waals surface area contributed by atoms with Crippen molar-refractivity contribution in [3.05, 3.63) is 134 Å². The van der Waals surface area contributed by atoms with E-state index in [0.717, 1.165) is 99.5 Å². The van der Waals surface area contributed by atoms with Crippen LogP contribution in [-0.2, 0) is 0 Å². The monoisotopic (exact) mass is 578 g/mol. The van der Waals surface area contributed by atoms with E-state index in [2.05, 4.69) is 71.7 Å². The van der Waals surface area contributed by atoms with Crippen molar-refractivity contribution in [1.29, 1.82) is 0 Å². The molecule has 0 fully saturated rings. The predicted octanol–water partition coefficient (Wildman–Crippen LogP) is 11.2. The molecule has 0 bridgehead atoms. The minimum Gasteiger partial charge on any atom is -0.455 e. The lowest BCUT2D eigenvalue weighted by Gasteiger charge is -2.14. The molecule has 0 aliphatic carbocycles. The molecular weight excluding hydrogens is 556 g/mol. The highest BCUT2D eigenvalue weighted by molar-refractivity contribution is 6.14. The standard InChI is InChI=1S/C40H22N2O3/c1-3-14-33-26(8-1)28-11-5-12-29(38(28)43-33)32-22-23(24-19-21-42-37-30-9-2-4-15-34(30)44-40(24)37)17-18-25(32)27-10-6-13-31-36-35(45-39(27)31)16-7-20-41-36/h1-22H. The molecule has 0 saturated heterocycles. The number of rotatable bonds is 3. The molecule has 5 nitrogen and oxygen atoms in total. The lowest BCUT2D eigenvalue weighted by atomic mass is 9.89. The molecule has 0 atom stereocenters. The fraction of sp³-hybridized carbons (Fsp3) is 0. The van der Waals surface area contributed by atoms with Crippen molar-refractivity contribution < 1.29 is 13.3 Å². The van der Waals surface area contributed by atoms with Crippen LogP contribution in [0.15, 0.2) is 147 Å². The fourth-order valence-corrected chi connectivity index (χ4v) is 6.79. The van der Waals surface area contributed by atoms with Gasteiger partial charge in [-0.2, -0.15) is 0 Å². The number of nitrogens with zero attached hydrogens (tertiary/aromatic N) is 2. The Morgan fingerprint density at radius 1 is 0.356 bits per heavy atom. The van der Waals surface area contributed by atoms with E-state index in [1.54, 1.807) is 6.20 Å². The summed E-state index contributed by atoms with van der Waals surface area (Å²) in [6.45, 7) is 0. The van der Waals surface area contributed by atoms with Crippen LogP contribution in [0.1, 0.15) is 0 Å². The predicted molar refractivity (Wildman–Crippen MR) is 180 cm³/mol. The van der Waals surface area contributed by atoms with Gasteiger partial charge < -0.3 is 13.3 Å². The van der Waals surface area contributed by atoms with E-state index < -0.39 is 0 Å². The molecule has 5 aromatic heterocycles. The normalized spacial score (nSPS) is 12.0. The van der Waals surface area contributed by atoms with Crippen LogP contribution >= 0.6 is 0 Å². The largest absolute Gasteiger partial charge is 0.455 e. The zero-order chi connectivity index (χ0) is 29.5. The Morgan fingerprint density at radius 3 is 1.89 bits per heavy atom. The minimum atomic E-state index is 0.765. The summed E-state index contributed by atoms with van der Waals surface area (Å²) in [4.78, 5) is 9.32. The Hall–Kier alpha value is -6.20. The first-order valence-electron chi connectivity index (χ1n) is 14.9. The molecule has 0 aliphatic heterocycles. The van der Waals surface area contributed by atoms with Crippen LogP contribution in [0.4, 0.5) is 0 Å². The number of furan rings is 3. The number of hydrogen-bond acceptors (Lipinski definition) is 5. The number of benzene rings is 5. The van der Waals surface area contributed by atoms with E-state index in [0.29, 0.717) is 0 Å². The van der Waals surface area contributed by atoms with Gasteiger partial charge in [0.1, 0.15) is 33.4 Å². The molecule has 0 amide bonds. The average molecular weight is 579 g/mol. The number of fused-ring (bicyclic) bond motifs is 9. The highest BCUT2D eigenvalue weighted by Gasteiger charge is 2.21. The summed E-state index contributed by atoms with van der Waals surface area (Å²) in [5.74, 6) is 0. The van der Waals surface area contributed by atoms with Crippen molar-refractivity contribution in [2.75, 3.05) is 0 Å². The summed E-state index contributed by atoms with van der Waals surface area (Å²) in [7, 11) is 0. The van der Waals surface area contributed by atoms with E-state index in [9.17, 15) is 0 Å². The van der Waals surface area contributed by atoms with Gasteiger partial charge in [0.25, 0.3) is 0 Å². The molecular formula is C40H22N2O3. The summed E-state index contributed by atoms with van der Waals surface area (Å²) in [5.41, 5.74) is 12.6. The van der Waals surface area contributed by atoms with Crippen LogP contribution in [-0.4, -0.2) is 9.97 Å². The van der Waals surface area contributed by atoms with Crippen molar-refractivity contribution in [3.8, 4) is 33.4 Å². The number of para-hydroxylation sites is 4. The molecule has 0 aliphatic rings. The van der Waals surface area contributed by atoms with Gasteiger partial charge in [-0.15, -0.1) is 0 Å². The molecule has 5 aromatic carbocycles. The zero-order valence-electron chi connectivity index (χ0n) is 23.8. The lowest BCUT2D eigenvalue weighted by Crippen LogP contribution is -1.90. The van der Waals surface area contributed by atoms with E-state index >= 15 is 0 Å². The van der Waals surface area contributed by atoms with Gasteiger partial charge >= 0.3 is 0 Å². The Bertz CT molecular complexity index is 2780. The first-order valence-corrected chi connectivity index (χ1v) is 14.9. The van der Waals surface area contributed by atoms with Crippen molar-refractivity contribution in [2.24, 2.45) is 0 Å². The third-order valence-electron chi connectivity index (χ3n) is 8.83. The molecule has 5 heteroatoms. The molecule has 0 N–H and O–H groups in total. The van der Waals surface area contributed by atoms with Crippen LogP contribution in [0, 0.1) is 0 Å². The summed E-state index contributed by atoms with van der Waals surface area (Å²) in [6, 6.07) is 41.3. The van der Waals surface area contributed by atoms with Gasteiger partial charge in [0.05, 0.1) is 0 Å². The lowest BCUT2D eigenvalue weighted by molar-refractivity contribution is 0.668. The van der Waals surface area contributed by atoms with Crippen molar-refractivity contribution in [2.45, 2.75) is 0 Å². The SMILES string of the molecule is c1ccc2c(c1)oc1c(-c3cc(-c4ccnc5c4oc4ccccc45)ccc3-c3cccc4c3oc3cccnc34)cccc12. The van der Waals surface area contributed by atoms with Gasteiger partial charge in [0.2, 0.25) is 0 Å². The maximum atomic E-state index is 6.56. The van der Waals surface area contributed by atoms with Crippen molar-refractivity contribution in [3.63, 3.8) is 0 Å². The maximum Gasteiger partial charge on any atom is 0.161 e. The Labute approximate surface area is 256 Å². The maximum absolute atomic E-state index is 6.56. The van der Waals surface area contributed by atoms with Gasteiger partial charge in [-0.25, -0.2) is 0 Å². The van der Waals surface area contributed by atoms with Crippen LogP contribution < -0.4 is 0 Å². The average Bonchev–Trinajstić information content (AvgIpc) is 3.79. The second-order valence-corrected chi connectivity index (χ2v) is 11.3. The molecule has 5 heterocycles. The fourth-order valence-electron chi connectivity index (χ4n) is 6.79. The highest BCUT2D eigenvalue weighted by Crippen LogP contribution is 2.45. The summed E-state index contributed by atoms with van der Waals surface area (Å²) >= 11 is 0. The molecule has 0 unspecified atom stereocenters. The minimum absolute atomic E-state index is 0.765. The topological polar surface area (TPSA) is 65.2 Å². The Kier molecular flexibility index (Phi) is 4.93. The second kappa shape index (κ2) is 9.15. The zero-order valence-corrected chi connectivity index (χ0v) is 23.8. The number of aromatic nitrogens is 2. The highest BCUT2D eigenvalue weighted by atomic mass is 16.3. The van der Waals surface area contributed by atoms with Crippen LogP contribution in [0.5, 0.6) is 0 Å². The Balaban J connectivity index is 1.29. The second-order valence-electron chi connectivity index (χ2n) is 11.3. The summed E-state index contributed by atoms with van der Waals surface area (Å²) in [6.07, 6.45) is 3.66. The molecule has 45 heavy (non-hydrogen) atoms. The van der Waals surface area contributed by atoms with Gasteiger partial charge in [-0.1, -0.05) is 72.8 Å². The number of pyridine rings is 2. The molecule has 0 radical (unpaired) electrons. The van der Waals surface area contributed by atoms with Crippen LogP contribution in [0.3, 0.4) is 0 Å². The smallest absolute Gasteiger partial charge is 0.161 e. The van der Waals surface area contributed by atoms with Gasteiger partial charge in [-0.3, -0.25) is 9.97 Å². The molecule has 210 valence electrons. The van der Waals surface area contributed by atoms with Crippen molar-refractivity contribution in [1.82, 2.24) is 9.97 Å². The van der Waals surface area contributed by atoms with E-state index in [-0.39, 0.29) is 0 Å². The molecule has 10 aromatic rings. The molecule has 0 spiro atoms. The van der Waals surface area contributed by atoms with Gasteiger partial charge in [0.15, 0.2) is 11.2 Å². The first-order chi connectivity index (χ1) is 22.3. The van der Waals surface area contributed by atoms with E-state index in [1.165, 1.54) is 0 Å². The Morgan fingerprint density at radius 2 is 1.00 bits per heavy atom. The van der Waals surface area contributed by atoms with Crippen molar-refractivity contribution >= 4 is 66.1 Å². The van der Waals surface area contributed by atoms with E-state index in [4.69, 9.17) is 18.2 Å². The molecule has 0 saturated carbocycles. The first kappa shape index (κ1) is 24.3. The number of hydrogen-bond donors (Lipinski definition) is 0. The third kappa shape index (κ3) is 3.49. The molecule has 10 rings (SSSR count).